The van der Waals surface area contributed by atoms with Gasteiger partial charge in [0.05, 0.1) is 0 Å². The number of aromatic nitrogens is 2. The number of nitrogens with zero attached hydrogens (tertiary/aromatic N) is 2. The maximum absolute atomic E-state index is 12.0. The van der Waals surface area contributed by atoms with Gasteiger partial charge in [-0.2, -0.15) is 0 Å². The number of amides is 1. The molecule has 0 atom stereocenters. The molecule has 0 radical (unpaired) electrons. The van der Waals surface area contributed by atoms with Crippen molar-refractivity contribution in [1.29, 1.82) is 0 Å². The highest BCUT2D eigenvalue weighted by atomic mass is 32.1. The minimum atomic E-state index is -0.251. The summed E-state index contributed by atoms with van der Waals surface area (Å²) in [6, 6.07) is 16.0. The second-order valence-electron chi connectivity index (χ2n) is 6.33. The van der Waals surface area contributed by atoms with Gasteiger partial charge in [0.1, 0.15) is 10.8 Å². The number of rotatable bonds is 6. The molecule has 0 unspecified atom stereocenters. The molecule has 0 aliphatic rings. The van der Waals surface area contributed by atoms with E-state index in [2.05, 4.69) is 46.7 Å². The molecule has 0 saturated heterocycles. The number of carbonyl (C=O) groups excluding carboxylic acids is 1. The number of carbonyl (C=O) groups is 1. The van der Waals surface area contributed by atoms with Crippen molar-refractivity contribution in [3.05, 3.63) is 59.1 Å². The standard InChI is InChI=1S/C20H21N3O2S/c1-13(2)19-22-23-20(26-19)21-18(24)12-25-17-10-8-16(9-11-17)15-6-4-14(3)5-7-15/h4-11,13H,12H2,1-3H3,(H,21,23,24). The molecule has 1 aromatic heterocycles. The molecule has 0 spiro atoms. The number of nitrogens with one attached hydrogen (secondary N) is 1. The third-order valence-electron chi connectivity index (χ3n) is 3.79. The molecule has 6 heteroatoms. The van der Waals surface area contributed by atoms with Gasteiger partial charge in [-0.25, -0.2) is 0 Å². The van der Waals surface area contributed by atoms with Gasteiger partial charge in [-0.1, -0.05) is 67.1 Å². The fraction of sp³-hybridized carbons (Fsp3) is 0.250. The van der Waals surface area contributed by atoms with E-state index in [-0.39, 0.29) is 12.5 Å². The van der Waals surface area contributed by atoms with Crippen LogP contribution in [-0.2, 0) is 4.79 Å². The summed E-state index contributed by atoms with van der Waals surface area (Å²) in [7, 11) is 0. The Hall–Kier alpha value is -2.73. The molecule has 1 N–H and O–H groups in total. The van der Waals surface area contributed by atoms with Gasteiger partial charge in [-0.05, 0) is 30.2 Å². The largest absolute Gasteiger partial charge is 0.484 e. The summed E-state index contributed by atoms with van der Waals surface area (Å²) < 4.78 is 5.55. The third kappa shape index (κ3) is 4.67. The average Bonchev–Trinajstić information content (AvgIpc) is 3.10. The van der Waals surface area contributed by atoms with E-state index in [1.807, 2.05) is 38.1 Å². The first-order valence-corrected chi connectivity index (χ1v) is 9.26. The predicted molar refractivity (Wildman–Crippen MR) is 105 cm³/mol. The van der Waals surface area contributed by atoms with E-state index in [1.54, 1.807) is 0 Å². The van der Waals surface area contributed by atoms with Crippen LogP contribution < -0.4 is 10.1 Å². The van der Waals surface area contributed by atoms with Crippen molar-refractivity contribution in [2.45, 2.75) is 26.7 Å². The van der Waals surface area contributed by atoms with Gasteiger partial charge in [0.15, 0.2) is 6.61 Å². The first-order chi connectivity index (χ1) is 12.5. The Labute approximate surface area is 157 Å². The summed E-state index contributed by atoms with van der Waals surface area (Å²) >= 11 is 1.38. The fourth-order valence-corrected chi connectivity index (χ4v) is 3.07. The Morgan fingerprint density at radius 2 is 1.65 bits per heavy atom. The summed E-state index contributed by atoms with van der Waals surface area (Å²) in [5.41, 5.74) is 3.49. The van der Waals surface area contributed by atoms with Gasteiger partial charge < -0.3 is 4.74 Å². The minimum Gasteiger partial charge on any atom is -0.484 e. The number of hydrogen-bond donors (Lipinski definition) is 1. The summed E-state index contributed by atoms with van der Waals surface area (Å²) in [5.74, 6) is 0.691. The highest BCUT2D eigenvalue weighted by Crippen LogP contribution is 2.24. The quantitative estimate of drug-likeness (QED) is 0.688. The Morgan fingerprint density at radius 3 is 2.23 bits per heavy atom. The molecule has 2 aromatic carbocycles. The van der Waals surface area contributed by atoms with Crippen LogP contribution in [-0.4, -0.2) is 22.7 Å². The zero-order valence-corrected chi connectivity index (χ0v) is 15.8. The molecular weight excluding hydrogens is 346 g/mol. The molecule has 0 bridgehead atoms. The summed E-state index contributed by atoms with van der Waals surface area (Å²) in [5, 5.41) is 12.1. The van der Waals surface area contributed by atoms with Crippen molar-refractivity contribution in [2.24, 2.45) is 0 Å². The zero-order valence-electron chi connectivity index (χ0n) is 15.0. The number of anilines is 1. The highest BCUT2D eigenvalue weighted by Gasteiger charge is 2.11. The van der Waals surface area contributed by atoms with Crippen LogP contribution >= 0.6 is 11.3 Å². The molecule has 0 aliphatic heterocycles. The number of hydrogen-bond acceptors (Lipinski definition) is 5. The van der Waals surface area contributed by atoms with Crippen LogP contribution in [0.3, 0.4) is 0 Å². The average molecular weight is 367 g/mol. The third-order valence-corrected chi connectivity index (χ3v) is 4.93. The van der Waals surface area contributed by atoms with E-state index < -0.39 is 0 Å². The molecule has 1 amide bonds. The maximum Gasteiger partial charge on any atom is 0.264 e. The number of ether oxygens (including phenoxy) is 1. The molecule has 0 fully saturated rings. The molecule has 3 rings (SSSR count). The molecule has 134 valence electrons. The van der Waals surface area contributed by atoms with Crippen LogP contribution in [0.25, 0.3) is 11.1 Å². The van der Waals surface area contributed by atoms with E-state index in [0.29, 0.717) is 16.8 Å². The van der Waals surface area contributed by atoms with Crippen LogP contribution in [0.2, 0.25) is 0 Å². The molecule has 3 aromatic rings. The van der Waals surface area contributed by atoms with Crippen molar-refractivity contribution >= 4 is 22.4 Å². The van der Waals surface area contributed by atoms with Crippen molar-refractivity contribution in [2.75, 3.05) is 11.9 Å². The van der Waals surface area contributed by atoms with Crippen LogP contribution in [0.15, 0.2) is 48.5 Å². The Bertz CT molecular complexity index is 871. The second kappa shape index (κ2) is 8.10. The summed E-state index contributed by atoms with van der Waals surface area (Å²) in [6.07, 6.45) is 0. The number of benzene rings is 2. The lowest BCUT2D eigenvalue weighted by Gasteiger charge is -2.07. The lowest BCUT2D eigenvalue weighted by Crippen LogP contribution is -2.20. The maximum atomic E-state index is 12.0. The molecule has 5 nitrogen and oxygen atoms in total. The topological polar surface area (TPSA) is 64.1 Å². The van der Waals surface area contributed by atoms with Crippen molar-refractivity contribution < 1.29 is 9.53 Å². The summed E-state index contributed by atoms with van der Waals surface area (Å²) in [6.45, 7) is 6.07. The van der Waals surface area contributed by atoms with E-state index >= 15 is 0 Å². The Balaban J connectivity index is 1.54. The SMILES string of the molecule is Cc1ccc(-c2ccc(OCC(=O)Nc3nnc(C(C)C)s3)cc2)cc1. The Kier molecular flexibility index (Phi) is 5.63. The van der Waals surface area contributed by atoms with Gasteiger partial charge in [-0.15, -0.1) is 10.2 Å². The lowest BCUT2D eigenvalue weighted by atomic mass is 10.0. The Morgan fingerprint density at radius 1 is 1.04 bits per heavy atom. The van der Waals surface area contributed by atoms with E-state index in [0.717, 1.165) is 16.1 Å². The predicted octanol–water partition coefficient (Wildman–Crippen LogP) is 4.65. The van der Waals surface area contributed by atoms with Crippen LogP contribution in [0.1, 0.15) is 30.3 Å². The molecular formula is C20H21N3O2S. The molecule has 0 saturated carbocycles. The lowest BCUT2D eigenvalue weighted by molar-refractivity contribution is -0.118. The van der Waals surface area contributed by atoms with Crippen LogP contribution in [0.4, 0.5) is 5.13 Å². The van der Waals surface area contributed by atoms with Gasteiger partial charge in [0, 0.05) is 5.92 Å². The van der Waals surface area contributed by atoms with Gasteiger partial charge >= 0.3 is 0 Å². The first-order valence-electron chi connectivity index (χ1n) is 8.44. The highest BCUT2D eigenvalue weighted by molar-refractivity contribution is 7.15. The number of aryl methyl sites for hydroxylation is 1. The zero-order chi connectivity index (χ0) is 18.5. The van der Waals surface area contributed by atoms with Gasteiger partial charge in [0.25, 0.3) is 5.91 Å². The smallest absolute Gasteiger partial charge is 0.264 e. The summed E-state index contributed by atoms with van der Waals surface area (Å²) in [4.78, 5) is 12.0. The van der Waals surface area contributed by atoms with E-state index in [9.17, 15) is 4.79 Å². The van der Waals surface area contributed by atoms with E-state index in [1.165, 1.54) is 16.9 Å². The molecule has 0 aliphatic carbocycles. The van der Waals surface area contributed by atoms with Crippen molar-refractivity contribution in [3.63, 3.8) is 0 Å². The van der Waals surface area contributed by atoms with Crippen LogP contribution in [0.5, 0.6) is 5.75 Å². The molecule has 26 heavy (non-hydrogen) atoms. The second-order valence-corrected chi connectivity index (χ2v) is 7.34. The fourth-order valence-electron chi connectivity index (χ4n) is 2.31. The monoisotopic (exact) mass is 367 g/mol. The first kappa shape index (κ1) is 18.1. The molecule has 1 heterocycles. The normalized spacial score (nSPS) is 10.8. The van der Waals surface area contributed by atoms with Gasteiger partial charge in [0.2, 0.25) is 5.13 Å². The van der Waals surface area contributed by atoms with Crippen LogP contribution in [0, 0.1) is 6.92 Å². The van der Waals surface area contributed by atoms with Gasteiger partial charge in [-0.3, -0.25) is 10.1 Å². The minimum absolute atomic E-state index is 0.0690. The van der Waals surface area contributed by atoms with Crippen molar-refractivity contribution in [1.82, 2.24) is 10.2 Å². The van der Waals surface area contributed by atoms with E-state index in [4.69, 9.17) is 4.74 Å². The van der Waals surface area contributed by atoms with Crippen molar-refractivity contribution in [3.8, 4) is 16.9 Å².